The van der Waals surface area contributed by atoms with Crippen molar-refractivity contribution in [2.75, 3.05) is 0 Å². The summed E-state index contributed by atoms with van der Waals surface area (Å²) < 4.78 is 0.298. The molecule has 1 heteroatoms. The highest BCUT2D eigenvalue weighted by Crippen LogP contribution is 2.38. The lowest BCUT2D eigenvalue weighted by atomic mass is 9.79. The molecule has 0 aliphatic heterocycles. The van der Waals surface area contributed by atoms with Gasteiger partial charge < -0.3 is 0 Å². The second kappa shape index (κ2) is 3.22. The fourth-order valence-electron chi connectivity index (χ4n) is 1.73. The number of hydrogen-bond donors (Lipinski definition) is 1. The predicted molar refractivity (Wildman–Crippen MR) is 54.2 cm³/mol. The van der Waals surface area contributed by atoms with Crippen molar-refractivity contribution in [3.63, 3.8) is 0 Å². The molecule has 0 heterocycles. The van der Waals surface area contributed by atoms with E-state index in [0.717, 1.165) is 5.92 Å². The lowest BCUT2D eigenvalue weighted by Crippen LogP contribution is -2.25. The lowest BCUT2D eigenvalue weighted by molar-refractivity contribution is 0.350. The molecule has 1 aliphatic carbocycles. The van der Waals surface area contributed by atoms with Crippen LogP contribution in [0, 0.1) is 5.92 Å². The van der Waals surface area contributed by atoms with Gasteiger partial charge in [0, 0.05) is 4.75 Å². The van der Waals surface area contributed by atoms with Gasteiger partial charge >= 0.3 is 0 Å². The monoisotopic (exact) mass is 170 g/mol. The Morgan fingerprint density at radius 2 is 1.91 bits per heavy atom. The summed E-state index contributed by atoms with van der Waals surface area (Å²) in [5.41, 5.74) is 1.36. The minimum absolute atomic E-state index is 0.298. The van der Waals surface area contributed by atoms with E-state index < -0.39 is 0 Å². The fourth-order valence-corrected chi connectivity index (χ4v) is 1.99. The van der Waals surface area contributed by atoms with Crippen molar-refractivity contribution >= 4 is 12.6 Å². The Morgan fingerprint density at radius 1 is 1.45 bits per heavy atom. The Balaban J connectivity index is 2.42. The van der Waals surface area contributed by atoms with Gasteiger partial charge in [-0.15, -0.1) is 0 Å². The summed E-state index contributed by atoms with van der Waals surface area (Å²) in [6, 6.07) is 0. The summed E-state index contributed by atoms with van der Waals surface area (Å²) in [4.78, 5) is 0. The quantitative estimate of drug-likeness (QED) is 0.452. The molecular weight excluding hydrogens is 152 g/mol. The highest BCUT2D eigenvalue weighted by molar-refractivity contribution is 7.81. The maximum Gasteiger partial charge on any atom is 0.0102 e. The first-order valence-electron chi connectivity index (χ1n) is 4.39. The average Bonchev–Trinajstić information content (AvgIpc) is 1.86. The SMILES string of the molecule is C=C(C)C1CCC(C)(S)CC1. The van der Waals surface area contributed by atoms with Gasteiger partial charge in [0.2, 0.25) is 0 Å². The van der Waals surface area contributed by atoms with E-state index in [0.29, 0.717) is 4.75 Å². The van der Waals surface area contributed by atoms with Gasteiger partial charge in [-0.25, -0.2) is 0 Å². The molecule has 0 spiro atoms. The van der Waals surface area contributed by atoms with Crippen molar-refractivity contribution in [1.29, 1.82) is 0 Å². The van der Waals surface area contributed by atoms with Gasteiger partial charge in [-0.2, -0.15) is 12.6 Å². The maximum atomic E-state index is 4.60. The first-order chi connectivity index (χ1) is 5.01. The molecule has 11 heavy (non-hydrogen) atoms. The summed E-state index contributed by atoms with van der Waals surface area (Å²) in [6.07, 6.45) is 5.06. The molecule has 0 radical (unpaired) electrons. The third kappa shape index (κ3) is 2.55. The van der Waals surface area contributed by atoms with Gasteiger partial charge in [-0.3, -0.25) is 0 Å². The Morgan fingerprint density at radius 3 is 2.27 bits per heavy atom. The molecule has 0 aromatic rings. The number of allylic oxidation sites excluding steroid dienone is 1. The Bertz CT molecular complexity index is 148. The standard InChI is InChI=1S/C10H18S/c1-8(2)9-4-6-10(3,11)7-5-9/h9,11H,1,4-7H2,2-3H3. The second-order valence-corrected chi connectivity index (χ2v) is 5.20. The van der Waals surface area contributed by atoms with Crippen LogP contribution in [0.5, 0.6) is 0 Å². The number of hydrogen-bond acceptors (Lipinski definition) is 1. The van der Waals surface area contributed by atoms with Crippen molar-refractivity contribution in [3.8, 4) is 0 Å². The van der Waals surface area contributed by atoms with Crippen LogP contribution in [0.15, 0.2) is 12.2 Å². The van der Waals surface area contributed by atoms with Crippen LogP contribution in [0.2, 0.25) is 0 Å². The molecule has 1 fully saturated rings. The zero-order valence-corrected chi connectivity index (χ0v) is 8.45. The minimum atomic E-state index is 0.298. The van der Waals surface area contributed by atoms with E-state index in [1.807, 2.05) is 0 Å². The molecule has 0 amide bonds. The van der Waals surface area contributed by atoms with Crippen molar-refractivity contribution in [3.05, 3.63) is 12.2 Å². The van der Waals surface area contributed by atoms with E-state index >= 15 is 0 Å². The summed E-state index contributed by atoms with van der Waals surface area (Å²) in [5.74, 6) is 0.773. The van der Waals surface area contributed by atoms with E-state index in [2.05, 4.69) is 33.1 Å². The van der Waals surface area contributed by atoms with Crippen molar-refractivity contribution < 1.29 is 0 Å². The summed E-state index contributed by atoms with van der Waals surface area (Å²) in [6.45, 7) is 8.39. The Kier molecular flexibility index (Phi) is 2.69. The van der Waals surface area contributed by atoms with Crippen molar-refractivity contribution in [2.45, 2.75) is 44.3 Å². The van der Waals surface area contributed by atoms with E-state index in [1.54, 1.807) is 0 Å². The molecule has 0 aromatic heterocycles. The lowest BCUT2D eigenvalue weighted by Gasteiger charge is -2.33. The second-order valence-electron chi connectivity index (χ2n) is 4.12. The molecule has 0 saturated heterocycles. The van der Waals surface area contributed by atoms with Crippen molar-refractivity contribution in [2.24, 2.45) is 5.92 Å². The van der Waals surface area contributed by atoms with Crippen LogP contribution in [0.3, 0.4) is 0 Å². The van der Waals surface area contributed by atoms with Crippen LogP contribution < -0.4 is 0 Å². The van der Waals surface area contributed by atoms with Gasteiger partial charge in [0.15, 0.2) is 0 Å². The molecule has 0 atom stereocenters. The first-order valence-corrected chi connectivity index (χ1v) is 4.84. The molecule has 1 aliphatic rings. The van der Waals surface area contributed by atoms with Gasteiger partial charge in [-0.1, -0.05) is 19.1 Å². The van der Waals surface area contributed by atoms with Crippen LogP contribution in [-0.2, 0) is 0 Å². The maximum absolute atomic E-state index is 4.60. The Hall–Kier alpha value is 0.0900. The fraction of sp³-hybridized carbons (Fsp3) is 0.800. The normalized spacial score (nSPS) is 38.6. The van der Waals surface area contributed by atoms with E-state index in [4.69, 9.17) is 0 Å². The first kappa shape index (κ1) is 9.18. The highest BCUT2D eigenvalue weighted by Gasteiger charge is 2.27. The molecule has 0 bridgehead atoms. The van der Waals surface area contributed by atoms with Crippen molar-refractivity contribution in [1.82, 2.24) is 0 Å². The van der Waals surface area contributed by atoms with Crippen LogP contribution in [0.4, 0.5) is 0 Å². The summed E-state index contributed by atoms with van der Waals surface area (Å²) in [7, 11) is 0. The molecule has 0 nitrogen and oxygen atoms in total. The van der Waals surface area contributed by atoms with Crippen LogP contribution in [0.1, 0.15) is 39.5 Å². The van der Waals surface area contributed by atoms with E-state index in [1.165, 1.54) is 31.3 Å². The van der Waals surface area contributed by atoms with Gasteiger partial charge in [0.1, 0.15) is 0 Å². The largest absolute Gasteiger partial charge is 0.173 e. The van der Waals surface area contributed by atoms with Crippen LogP contribution >= 0.6 is 12.6 Å². The minimum Gasteiger partial charge on any atom is -0.173 e. The summed E-state index contributed by atoms with van der Waals surface area (Å²) >= 11 is 4.60. The smallest absolute Gasteiger partial charge is 0.0102 e. The van der Waals surface area contributed by atoms with E-state index in [-0.39, 0.29) is 0 Å². The average molecular weight is 170 g/mol. The Labute approximate surface area is 75.5 Å². The third-order valence-electron chi connectivity index (χ3n) is 2.76. The third-order valence-corrected chi connectivity index (χ3v) is 3.21. The topological polar surface area (TPSA) is 0 Å². The van der Waals surface area contributed by atoms with Gasteiger partial charge in [0.05, 0.1) is 0 Å². The predicted octanol–water partition coefficient (Wildman–Crippen LogP) is 3.44. The van der Waals surface area contributed by atoms with Crippen LogP contribution in [0.25, 0.3) is 0 Å². The zero-order valence-electron chi connectivity index (χ0n) is 7.56. The van der Waals surface area contributed by atoms with E-state index in [9.17, 15) is 0 Å². The molecule has 1 saturated carbocycles. The molecule has 0 unspecified atom stereocenters. The number of rotatable bonds is 1. The molecule has 1 rings (SSSR count). The molecule has 0 N–H and O–H groups in total. The zero-order chi connectivity index (χ0) is 8.48. The van der Waals surface area contributed by atoms with Gasteiger partial charge in [-0.05, 0) is 38.5 Å². The molecular formula is C10H18S. The molecule has 64 valence electrons. The highest BCUT2D eigenvalue weighted by atomic mass is 32.1. The molecule has 0 aromatic carbocycles. The van der Waals surface area contributed by atoms with Crippen LogP contribution in [-0.4, -0.2) is 4.75 Å². The van der Waals surface area contributed by atoms with Gasteiger partial charge in [0.25, 0.3) is 0 Å². The summed E-state index contributed by atoms with van der Waals surface area (Å²) in [5, 5.41) is 0. The number of thiol groups is 1.